The van der Waals surface area contributed by atoms with Gasteiger partial charge in [-0.15, -0.1) is 0 Å². The van der Waals surface area contributed by atoms with Crippen LogP contribution in [0.5, 0.6) is 0 Å². The molecular formula is C20H31FN6. The molecule has 2 saturated carbocycles. The van der Waals surface area contributed by atoms with E-state index in [1.807, 2.05) is 11.9 Å². The third-order valence-electron chi connectivity index (χ3n) is 5.74. The molecule has 7 heteroatoms. The number of guanidine groups is 1. The number of aliphatic imine (C=N–C) groups is 1. The topological polar surface area (TPSA) is 55.8 Å². The van der Waals surface area contributed by atoms with E-state index < -0.39 is 0 Å². The SMILES string of the molecule is CN=C(NCCN(CC1CC1)C1CC1)NC1CCN(c2ncccc2F)C1. The lowest BCUT2D eigenvalue weighted by molar-refractivity contribution is 0.256. The second-order valence-corrected chi connectivity index (χ2v) is 8.05. The van der Waals surface area contributed by atoms with Crippen LogP contribution >= 0.6 is 0 Å². The summed E-state index contributed by atoms with van der Waals surface area (Å²) in [4.78, 5) is 13.2. The Balaban J connectivity index is 1.21. The van der Waals surface area contributed by atoms with Gasteiger partial charge in [0.2, 0.25) is 0 Å². The van der Waals surface area contributed by atoms with Crippen molar-refractivity contribution in [1.82, 2.24) is 20.5 Å². The molecule has 1 atom stereocenters. The van der Waals surface area contributed by atoms with Gasteiger partial charge in [-0.3, -0.25) is 9.89 Å². The first kappa shape index (κ1) is 18.5. The lowest BCUT2D eigenvalue weighted by atomic mass is 10.3. The Labute approximate surface area is 161 Å². The normalized spacial score (nSPS) is 23.1. The van der Waals surface area contributed by atoms with Gasteiger partial charge >= 0.3 is 0 Å². The molecule has 27 heavy (non-hydrogen) atoms. The zero-order chi connectivity index (χ0) is 18.6. The monoisotopic (exact) mass is 374 g/mol. The zero-order valence-electron chi connectivity index (χ0n) is 16.2. The highest BCUT2D eigenvalue weighted by molar-refractivity contribution is 5.80. The Bertz CT molecular complexity index is 658. The second kappa shape index (κ2) is 8.42. The molecule has 0 spiro atoms. The molecule has 1 aliphatic heterocycles. The lowest BCUT2D eigenvalue weighted by Gasteiger charge is -2.23. The van der Waals surface area contributed by atoms with E-state index in [0.717, 1.165) is 50.5 Å². The number of nitrogens with one attached hydrogen (secondary N) is 2. The Morgan fingerprint density at radius 3 is 2.89 bits per heavy atom. The van der Waals surface area contributed by atoms with Crippen molar-refractivity contribution in [2.24, 2.45) is 10.9 Å². The lowest BCUT2D eigenvalue weighted by Crippen LogP contribution is -2.47. The fraction of sp³-hybridized carbons (Fsp3) is 0.700. The molecule has 2 heterocycles. The van der Waals surface area contributed by atoms with Crippen LogP contribution in [0, 0.1) is 11.7 Å². The van der Waals surface area contributed by atoms with Crippen LogP contribution in [-0.2, 0) is 0 Å². The number of hydrogen-bond donors (Lipinski definition) is 2. The average molecular weight is 375 g/mol. The molecule has 3 aliphatic rings. The highest BCUT2D eigenvalue weighted by Gasteiger charge is 2.33. The van der Waals surface area contributed by atoms with Crippen LogP contribution in [0.15, 0.2) is 23.3 Å². The summed E-state index contributed by atoms with van der Waals surface area (Å²) in [5, 5.41) is 6.94. The zero-order valence-corrected chi connectivity index (χ0v) is 16.2. The van der Waals surface area contributed by atoms with Crippen LogP contribution in [-0.4, -0.2) is 67.7 Å². The summed E-state index contributed by atoms with van der Waals surface area (Å²) >= 11 is 0. The van der Waals surface area contributed by atoms with E-state index in [0.29, 0.717) is 5.82 Å². The van der Waals surface area contributed by atoms with Crippen LogP contribution in [0.2, 0.25) is 0 Å². The molecule has 1 aromatic heterocycles. The third-order valence-corrected chi connectivity index (χ3v) is 5.74. The minimum absolute atomic E-state index is 0.253. The summed E-state index contributed by atoms with van der Waals surface area (Å²) in [6, 6.07) is 4.17. The molecule has 0 amide bonds. The van der Waals surface area contributed by atoms with E-state index in [2.05, 4.69) is 25.5 Å². The van der Waals surface area contributed by atoms with Crippen LogP contribution in [0.1, 0.15) is 32.1 Å². The first-order valence-corrected chi connectivity index (χ1v) is 10.3. The fourth-order valence-corrected chi connectivity index (χ4v) is 3.88. The highest BCUT2D eigenvalue weighted by Crippen LogP contribution is 2.34. The van der Waals surface area contributed by atoms with Crippen molar-refractivity contribution in [1.29, 1.82) is 0 Å². The van der Waals surface area contributed by atoms with Gasteiger partial charge in [-0.1, -0.05) is 0 Å². The van der Waals surface area contributed by atoms with Crippen LogP contribution in [0.25, 0.3) is 0 Å². The Kier molecular flexibility index (Phi) is 5.76. The molecule has 0 bridgehead atoms. The summed E-state index contributed by atoms with van der Waals surface area (Å²) < 4.78 is 13.9. The number of pyridine rings is 1. The van der Waals surface area contributed by atoms with E-state index in [1.165, 1.54) is 38.3 Å². The van der Waals surface area contributed by atoms with Gasteiger partial charge in [0.15, 0.2) is 17.6 Å². The van der Waals surface area contributed by atoms with Crippen LogP contribution in [0.4, 0.5) is 10.2 Å². The third kappa shape index (κ3) is 5.09. The van der Waals surface area contributed by atoms with E-state index in [4.69, 9.17) is 0 Å². The van der Waals surface area contributed by atoms with Crippen molar-refractivity contribution in [2.45, 2.75) is 44.2 Å². The molecule has 1 saturated heterocycles. The number of aromatic nitrogens is 1. The maximum atomic E-state index is 13.9. The Morgan fingerprint density at radius 2 is 2.19 bits per heavy atom. The number of halogens is 1. The minimum Gasteiger partial charge on any atom is -0.355 e. The van der Waals surface area contributed by atoms with Crippen molar-refractivity contribution in [2.75, 3.05) is 44.7 Å². The molecule has 6 nitrogen and oxygen atoms in total. The number of hydrogen-bond acceptors (Lipinski definition) is 4. The summed E-state index contributed by atoms with van der Waals surface area (Å²) in [6.45, 7) is 4.81. The average Bonchev–Trinajstić information content (AvgIpc) is 3.60. The Morgan fingerprint density at radius 1 is 1.33 bits per heavy atom. The number of nitrogens with zero attached hydrogens (tertiary/aromatic N) is 4. The van der Waals surface area contributed by atoms with Gasteiger partial charge in [0.05, 0.1) is 0 Å². The molecule has 4 rings (SSSR count). The van der Waals surface area contributed by atoms with Crippen LogP contribution in [0.3, 0.4) is 0 Å². The van der Waals surface area contributed by atoms with Crippen molar-refractivity contribution in [3.63, 3.8) is 0 Å². The molecule has 3 fully saturated rings. The van der Waals surface area contributed by atoms with Crippen molar-refractivity contribution >= 4 is 11.8 Å². The molecule has 1 unspecified atom stereocenters. The molecule has 148 valence electrons. The maximum Gasteiger partial charge on any atom is 0.191 e. The number of anilines is 1. The quantitative estimate of drug-likeness (QED) is 0.537. The molecule has 0 radical (unpaired) electrons. The van der Waals surface area contributed by atoms with Gasteiger partial charge in [0.25, 0.3) is 0 Å². The molecular weight excluding hydrogens is 343 g/mol. The predicted molar refractivity (Wildman–Crippen MR) is 107 cm³/mol. The highest BCUT2D eigenvalue weighted by atomic mass is 19.1. The van der Waals surface area contributed by atoms with Gasteiger partial charge in [0, 0.05) is 58.1 Å². The fourth-order valence-electron chi connectivity index (χ4n) is 3.88. The first-order valence-electron chi connectivity index (χ1n) is 10.3. The molecule has 1 aromatic rings. The maximum absolute atomic E-state index is 13.9. The van der Waals surface area contributed by atoms with Crippen molar-refractivity contribution < 1.29 is 4.39 Å². The Hall–Kier alpha value is -1.89. The summed E-state index contributed by atoms with van der Waals surface area (Å²) in [6.07, 6.45) is 8.15. The summed E-state index contributed by atoms with van der Waals surface area (Å²) in [5.41, 5.74) is 0. The number of rotatable bonds is 8. The van der Waals surface area contributed by atoms with Gasteiger partial charge < -0.3 is 15.5 Å². The molecule has 2 N–H and O–H groups in total. The smallest absolute Gasteiger partial charge is 0.191 e. The van der Waals surface area contributed by atoms with Gasteiger partial charge in [-0.25, -0.2) is 9.37 Å². The first-order chi connectivity index (χ1) is 13.2. The summed E-state index contributed by atoms with van der Waals surface area (Å²) in [5.74, 6) is 1.98. The van der Waals surface area contributed by atoms with Crippen molar-refractivity contribution in [3.05, 3.63) is 24.1 Å². The van der Waals surface area contributed by atoms with E-state index >= 15 is 0 Å². The van der Waals surface area contributed by atoms with E-state index in [9.17, 15) is 4.39 Å². The largest absolute Gasteiger partial charge is 0.355 e. The van der Waals surface area contributed by atoms with Gasteiger partial charge in [0.1, 0.15) is 0 Å². The standard InChI is InChI=1S/C20H31FN6/c1-22-20(24-10-12-26(17-6-7-17)13-15-4-5-15)25-16-8-11-27(14-16)19-18(21)3-2-9-23-19/h2-3,9,15-17H,4-8,10-14H2,1H3,(H2,22,24,25). The molecule has 2 aliphatic carbocycles. The van der Waals surface area contributed by atoms with Gasteiger partial charge in [-0.05, 0) is 50.2 Å². The summed E-state index contributed by atoms with van der Waals surface area (Å²) in [7, 11) is 1.81. The van der Waals surface area contributed by atoms with E-state index in [-0.39, 0.29) is 11.9 Å². The second-order valence-electron chi connectivity index (χ2n) is 8.05. The van der Waals surface area contributed by atoms with Crippen LogP contribution < -0.4 is 15.5 Å². The predicted octanol–water partition coefficient (Wildman–Crippen LogP) is 1.84. The van der Waals surface area contributed by atoms with E-state index in [1.54, 1.807) is 12.3 Å². The molecule has 0 aromatic carbocycles. The minimum atomic E-state index is -0.253. The van der Waals surface area contributed by atoms with Gasteiger partial charge in [-0.2, -0.15) is 0 Å². The van der Waals surface area contributed by atoms with Crippen molar-refractivity contribution in [3.8, 4) is 0 Å².